The standard InChI is InChI=1S/C4H8F3NO/c1-8-2-3(9)4(5,6)7/h3,8-9H,2H2,1H3. The number of rotatable bonds is 2. The van der Waals surface area contributed by atoms with E-state index in [1.165, 1.54) is 7.05 Å². The summed E-state index contributed by atoms with van der Waals surface area (Å²) in [5.41, 5.74) is 0. The highest BCUT2D eigenvalue weighted by molar-refractivity contribution is 4.65. The van der Waals surface area contributed by atoms with E-state index >= 15 is 0 Å². The smallest absolute Gasteiger partial charge is 0.382 e. The molecule has 0 aromatic rings. The highest BCUT2D eigenvalue weighted by Gasteiger charge is 2.37. The lowest BCUT2D eigenvalue weighted by Crippen LogP contribution is -2.36. The van der Waals surface area contributed by atoms with Gasteiger partial charge in [0.25, 0.3) is 0 Å². The van der Waals surface area contributed by atoms with Crippen molar-refractivity contribution in [1.29, 1.82) is 0 Å². The molecular weight excluding hydrogens is 135 g/mol. The number of alkyl halides is 3. The zero-order valence-corrected chi connectivity index (χ0v) is 4.87. The molecule has 0 heterocycles. The van der Waals surface area contributed by atoms with Crippen LogP contribution in [0.3, 0.4) is 0 Å². The monoisotopic (exact) mass is 143 g/mol. The summed E-state index contributed by atoms with van der Waals surface area (Å²) in [7, 11) is 1.34. The van der Waals surface area contributed by atoms with Gasteiger partial charge in [0.1, 0.15) is 0 Å². The maximum absolute atomic E-state index is 11.3. The van der Waals surface area contributed by atoms with E-state index in [2.05, 4.69) is 5.32 Å². The summed E-state index contributed by atoms with van der Waals surface area (Å²) in [6.07, 6.45) is -6.74. The van der Waals surface area contributed by atoms with Gasteiger partial charge in [0.05, 0.1) is 0 Å². The Morgan fingerprint density at radius 3 is 2.11 bits per heavy atom. The van der Waals surface area contributed by atoms with Crippen LogP contribution in [0, 0.1) is 0 Å². The Kier molecular flexibility index (Phi) is 2.93. The number of aliphatic hydroxyl groups excluding tert-OH is 1. The van der Waals surface area contributed by atoms with E-state index in [0.717, 1.165) is 0 Å². The first-order chi connectivity index (χ1) is 3.98. The number of aliphatic hydroxyl groups is 1. The predicted octanol–water partition coefficient (Wildman–Crippen LogP) is 0.129. The molecule has 56 valence electrons. The number of nitrogens with one attached hydrogen (secondary N) is 1. The fourth-order valence-corrected chi connectivity index (χ4v) is 0.309. The summed E-state index contributed by atoms with van der Waals surface area (Å²) in [5.74, 6) is 0. The van der Waals surface area contributed by atoms with Crippen molar-refractivity contribution in [2.75, 3.05) is 13.6 Å². The second-order valence-corrected chi connectivity index (χ2v) is 1.62. The molecule has 2 nitrogen and oxygen atoms in total. The topological polar surface area (TPSA) is 32.3 Å². The molecule has 0 aliphatic rings. The molecule has 1 atom stereocenters. The van der Waals surface area contributed by atoms with E-state index in [-0.39, 0.29) is 0 Å². The Labute approximate surface area is 50.7 Å². The molecule has 0 spiro atoms. The minimum Gasteiger partial charge on any atom is -0.382 e. The van der Waals surface area contributed by atoms with E-state index < -0.39 is 18.8 Å². The Morgan fingerprint density at radius 1 is 1.56 bits per heavy atom. The molecule has 9 heavy (non-hydrogen) atoms. The third-order valence-electron chi connectivity index (χ3n) is 0.775. The van der Waals surface area contributed by atoms with Gasteiger partial charge in [-0.1, -0.05) is 0 Å². The quantitative estimate of drug-likeness (QED) is 0.575. The van der Waals surface area contributed by atoms with Crippen LogP contribution in [0.1, 0.15) is 0 Å². The zero-order chi connectivity index (χ0) is 7.49. The molecule has 0 aliphatic carbocycles. The van der Waals surface area contributed by atoms with Crippen molar-refractivity contribution >= 4 is 0 Å². The molecular formula is C4H8F3NO. The maximum Gasteiger partial charge on any atom is 0.415 e. The van der Waals surface area contributed by atoms with Gasteiger partial charge in [0, 0.05) is 6.54 Å². The molecule has 0 bridgehead atoms. The molecule has 5 heteroatoms. The van der Waals surface area contributed by atoms with Crippen molar-refractivity contribution in [3.8, 4) is 0 Å². The van der Waals surface area contributed by atoms with Crippen LogP contribution in [0.5, 0.6) is 0 Å². The molecule has 1 unspecified atom stereocenters. The Balaban J connectivity index is 3.59. The van der Waals surface area contributed by atoms with Crippen LogP contribution >= 0.6 is 0 Å². The molecule has 0 saturated carbocycles. The second kappa shape index (κ2) is 3.03. The van der Waals surface area contributed by atoms with Crippen molar-refractivity contribution in [2.45, 2.75) is 12.3 Å². The summed E-state index contributed by atoms with van der Waals surface area (Å²) in [6, 6.07) is 0. The van der Waals surface area contributed by atoms with Gasteiger partial charge in [-0.15, -0.1) is 0 Å². The van der Waals surface area contributed by atoms with Gasteiger partial charge in [0.15, 0.2) is 6.10 Å². The van der Waals surface area contributed by atoms with Gasteiger partial charge < -0.3 is 10.4 Å². The summed E-state index contributed by atoms with van der Waals surface area (Å²) in [4.78, 5) is 0. The van der Waals surface area contributed by atoms with Crippen molar-refractivity contribution in [3.63, 3.8) is 0 Å². The average Bonchev–Trinajstić information content (AvgIpc) is 1.64. The first kappa shape index (κ1) is 8.71. The average molecular weight is 143 g/mol. The van der Waals surface area contributed by atoms with E-state index in [0.29, 0.717) is 0 Å². The van der Waals surface area contributed by atoms with Crippen LogP contribution in [0.15, 0.2) is 0 Å². The minimum atomic E-state index is -4.50. The van der Waals surface area contributed by atoms with E-state index in [9.17, 15) is 13.2 Å². The number of hydrogen-bond donors (Lipinski definition) is 2. The van der Waals surface area contributed by atoms with Gasteiger partial charge in [-0.25, -0.2) is 0 Å². The lowest BCUT2D eigenvalue weighted by Gasteiger charge is -2.12. The molecule has 0 aromatic heterocycles. The van der Waals surface area contributed by atoms with Crippen LogP contribution < -0.4 is 5.32 Å². The van der Waals surface area contributed by atoms with Crippen LogP contribution in [-0.4, -0.2) is 31.0 Å². The van der Waals surface area contributed by atoms with Crippen molar-refractivity contribution in [1.82, 2.24) is 5.32 Å². The zero-order valence-electron chi connectivity index (χ0n) is 4.87. The molecule has 2 N–H and O–H groups in total. The van der Waals surface area contributed by atoms with Gasteiger partial charge in [-0.05, 0) is 7.05 Å². The van der Waals surface area contributed by atoms with Crippen molar-refractivity contribution < 1.29 is 18.3 Å². The van der Waals surface area contributed by atoms with Crippen molar-refractivity contribution in [2.24, 2.45) is 0 Å². The number of halogens is 3. The summed E-state index contributed by atoms with van der Waals surface area (Å²) in [5, 5.41) is 10.4. The molecule has 0 saturated heterocycles. The SMILES string of the molecule is CNCC(O)C(F)(F)F. The summed E-state index contributed by atoms with van der Waals surface area (Å²) < 4.78 is 34.0. The molecule has 0 radical (unpaired) electrons. The normalized spacial score (nSPS) is 15.7. The molecule has 0 aliphatic heterocycles. The van der Waals surface area contributed by atoms with Crippen molar-refractivity contribution in [3.05, 3.63) is 0 Å². The third kappa shape index (κ3) is 3.31. The minimum absolute atomic E-state index is 0.455. The highest BCUT2D eigenvalue weighted by atomic mass is 19.4. The Bertz CT molecular complexity index is 82.4. The molecule has 0 fully saturated rings. The van der Waals surface area contributed by atoms with Gasteiger partial charge in [-0.2, -0.15) is 13.2 Å². The van der Waals surface area contributed by atoms with Gasteiger partial charge >= 0.3 is 6.18 Å². The third-order valence-corrected chi connectivity index (χ3v) is 0.775. The van der Waals surface area contributed by atoms with E-state index in [4.69, 9.17) is 5.11 Å². The number of likely N-dealkylation sites (N-methyl/N-ethyl adjacent to an activating group) is 1. The maximum atomic E-state index is 11.3. The van der Waals surface area contributed by atoms with Crippen LogP contribution in [0.2, 0.25) is 0 Å². The Morgan fingerprint density at radius 2 is 2.00 bits per heavy atom. The largest absolute Gasteiger partial charge is 0.415 e. The first-order valence-corrected chi connectivity index (χ1v) is 2.38. The fraction of sp³-hybridized carbons (Fsp3) is 1.00. The Hall–Kier alpha value is -0.290. The first-order valence-electron chi connectivity index (χ1n) is 2.38. The predicted molar refractivity (Wildman–Crippen MR) is 26.0 cm³/mol. The molecule has 0 aromatic carbocycles. The lowest BCUT2D eigenvalue weighted by atomic mass is 10.3. The van der Waals surface area contributed by atoms with E-state index in [1.54, 1.807) is 0 Å². The van der Waals surface area contributed by atoms with Gasteiger partial charge in [-0.3, -0.25) is 0 Å². The molecule has 0 amide bonds. The highest BCUT2D eigenvalue weighted by Crippen LogP contribution is 2.18. The van der Waals surface area contributed by atoms with Crippen LogP contribution in [-0.2, 0) is 0 Å². The van der Waals surface area contributed by atoms with Crippen LogP contribution in [0.25, 0.3) is 0 Å². The fourth-order valence-electron chi connectivity index (χ4n) is 0.309. The lowest BCUT2D eigenvalue weighted by molar-refractivity contribution is -0.201. The molecule has 0 rings (SSSR count). The second-order valence-electron chi connectivity index (χ2n) is 1.62. The van der Waals surface area contributed by atoms with Gasteiger partial charge in [0.2, 0.25) is 0 Å². The number of hydrogen-bond acceptors (Lipinski definition) is 2. The van der Waals surface area contributed by atoms with Crippen LogP contribution in [0.4, 0.5) is 13.2 Å². The summed E-state index contributed by atoms with van der Waals surface area (Å²) in [6.45, 7) is -0.455. The summed E-state index contributed by atoms with van der Waals surface area (Å²) >= 11 is 0. The van der Waals surface area contributed by atoms with E-state index in [1.807, 2.05) is 0 Å².